The van der Waals surface area contributed by atoms with Crippen molar-refractivity contribution in [1.82, 2.24) is 4.90 Å². The topological polar surface area (TPSA) is 29.5 Å². The third-order valence-corrected chi connectivity index (χ3v) is 6.14. The third kappa shape index (κ3) is 5.46. The zero-order valence-corrected chi connectivity index (χ0v) is 16.5. The number of ketones is 1. The van der Waals surface area contributed by atoms with Gasteiger partial charge in [-0.1, -0.05) is 36.4 Å². The molecule has 0 heterocycles. The van der Waals surface area contributed by atoms with Gasteiger partial charge in [-0.25, -0.2) is 0 Å². The second-order valence-corrected chi connectivity index (χ2v) is 8.50. The fourth-order valence-electron chi connectivity index (χ4n) is 2.76. The highest BCUT2D eigenvalue weighted by atomic mass is 32.2. The Bertz CT molecular complexity index is 809. The molecule has 0 N–H and O–H groups in total. The van der Waals surface area contributed by atoms with E-state index in [1.165, 1.54) is 14.7 Å². The van der Waals surface area contributed by atoms with Crippen molar-refractivity contribution in [1.29, 1.82) is 0 Å². The van der Waals surface area contributed by atoms with Crippen LogP contribution in [0.1, 0.15) is 0 Å². The molecule has 0 unspecified atom stereocenters. The highest BCUT2D eigenvalue weighted by molar-refractivity contribution is 7.97. The van der Waals surface area contributed by atoms with E-state index < -0.39 is 0 Å². The summed E-state index contributed by atoms with van der Waals surface area (Å²) in [6, 6.07) is 29.1. The smallest absolute Gasteiger partial charge is 0.184 e. The number of carbonyl (C=O) groups is 1. The van der Waals surface area contributed by atoms with Crippen molar-refractivity contribution in [3.8, 4) is 5.75 Å². The molecule has 4 heteroatoms. The lowest BCUT2D eigenvalue weighted by Gasteiger charge is -2.11. The highest BCUT2D eigenvalue weighted by Crippen LogP contribution is 2.31. The molecule has 27 heavy (non-hydrogen) atoms. The van der Waals surface area contributed by atoms with Crippen LogP contribution in [0.25, 0.3) is 0 Å². The van der Waals surface area contributed by atoms with Gasteiger partial charge in [0.2, 0.25) is 0 Å². The fraction of sp³-hybridized carbons (Fsp3) is 0.174. The first-order valence-electron chi connectivity index (χ1n) is 8.87. The van der Waals surface area contributed by atoms with E-state index in [2.05, 4.69) is 60.7 Å². The molecule has 3 rings (SSSR count). The number of rotatable bonds is 8. The standard InChI is InChI=1S/C23H24NO2S/c1-24(2)17-19(25)18-26-20-13-15-23(16-14-20)27(21-9-5-3-6-10-21)22-11-7-4-8-12-22/h3-16H,17-18H2,1-2H3/q+1. The molecule has 138 valence electrons. The van der Waals surface area contributed by atoms with Crippen molar-refractivity contribution in [2.45, 2.75) is 14.7 Å². The number of hydrogen-bond acceptors (Lipinski definition) is 3. The minimum absolute atomic E-state index is 0.0670. The monoisotopic (exact) mass is 378 g/mol. The normalized spacial score (nSPS) is 11.0. The van der Waals surface area contributed by atoms with Crippen LogP contribution in [0.15, 0.2) is 99.6 Å². The van der Waals surface area contributed by atoms with Gasteiger partial charge in [-0.05, 0) is 62.6 Å². The number of benzene rings is 3. The van der Waals surface area contributed by atoms with Gasteiger partial charge >= 0.3 is 0 Å². The molecule has 0 atom stereocenters. The lowest BCUT2D eigenvalue weighted by atomic mass is 10.3. The highest BCUT2D eigenvalue weighted by Gasteiger charge is 2.28. The molecular weight excluding hydrogens is 354 g/mol. The van der Waals surface area contributed by atoms with E-state index in [9.17, 15) is 4.79 Å². The van der Waals surface area contributed by atoms with Crippen LogP contribution >= 0.6 is 0 Å². The quantitative estimate of drug-likeness (QED) is 0.548. The van der Waals surface area contributed by atoms with Gasteiger partial charge in [0.1, 0.15) is 12.4 Å². The molecule has 0 spiro atoms. The van der Waals surface area contributed by atoms with Crippen molar-refractivity contribution in [2.24, 2.45) is 0 Å². The van der Waals surface area contributed by atoms with Crippen molar-refractivity contribution < 1.29 is 9.53 Å². The maximum Gasteiger partial charge on any atom is 0.184 e. The summed E-state index contributed by atoms with van der Waals surface area (Å²) in [7, 11) is 3.58. The lowest BCUT2D eigenvalue weighted by molar-refractivity contribution is -0.121. The van der Waals surface area contributed by atoms with Crippen molar-refractivity contribution in [3.05, 3.63) is 84.9 Å². The van der Waals surface area contributed by atoms with Crippen LogP contribution in [0.4, 0.5) is 0 Å². The SMILES string of the molecule is CN(C)CC(=O)COc1ccc([S+](c2ccccc2)c2ccccc2)cc1. The summed E-state index contributed by atoms with van der Waals surface area (Å²) >= 11 is 0. The van der Waals surface area contributed by atoms with Gasteiger partial charge in [0.25, 0.3) is 0 Å². The van der Waals surface area contributed by atoms with Crippen LogP contribution in [0.3, 0.4) is 0 Å². The Kier molecular flexibility index (Phi) is 6.69. The van der Waals surface area contributed by atoms with E-state index in [4.69, 9.17) is 4.74 Å². The maximum atomic E-state index is 11.8. The van der Waals surface area contributed by atoms with E-state index >= 15 is 0 Å². The van der Waals surface area contributed by atoms with Crippen molar-refractivity contribution in [3.63, 3.8) is 0 Å². The average Bonchev–Trinajstić information content (AvgIpc) is 2.69. The number of nitrogens with zero attached hydrogens (tertiary/aromatic N) is 1. The Morgan fingerprint density at radius 3 is 1.74 bits per heavy atom. The summed E-state index contributed by atoms with van der Waals surface area (Å²) in [6.45, 7) is 0.490. The van der Waals surface area contributed by atoms with Crippen LogP contribution in [-0.4, -0.2) is 37.9 Å². The molecule has 0 aliphatic carbocycles. The van der Waals surface area contributed by atoms with Crippen LogP contribution in [-0.2, 0) is 15.7 Å². The van der Waals surface area contributed by atoms with Crippen LogP contribution in [0, 0.1) is 0 Å². The van der Waals surface area contributed by atoms with E-state index in [1.807, 2.05) is 43.3 Å². The van der Waals surface area contributed by atoms with Gasteiger partial charge in [-0.2, -0.15) is 0 Å². The second kappa shape index (κ2) is 9.40. The van der Waals surface area contributed by atoms with Gasteiger partial charge in [0.15, 0.2) is 20.5 Å². The molecule has 3 aromatic rings. The Hall–Kier alpha value is -2.56. The summed E-state index contributed by atoms with van der Waals surface area (Å²) in [5.74, 6) is 0.785. The minimum atomic E-state index is -0.173. The molecular formula is C23H24NO2S+. The zero-order chi connectivity index (χ0) is 19.1. The summed E-state index contributed by atoms with van der Waals surface area (Å²) in [5.41, 5.74) is 0. The van der Waals surface area contributed by atoms with Crippen LogP contribution < -0.4 is 4.74 Å². The molecule has 0 bridgehead atoms. The molecule has 0 aliphatic heterocycles. The van der Waals surface area contributed by atoms with Crippen molar-refractivity contribution >= 4 is 16.7 Å². The predicted octanol–water partition coefficient (Wildman–Crippen LogP) is 4.29. The summed E-state index contributed by atoms with van der Waals surface area (Å²) in [4.78, 5) is 17.4. The Labute approximate surface area is 163 Å². The molecule has 0 aliphatic rings. The number of likely N-dealkylation sites (N-methyl/N-ethyl adjacent to an activating group) is 1. The largest absolute Gasteiger partial charge is 0.486 e. The number of hydrogen-bond donors (Lipinski definition) is 0. The molecule has 0 saturated carbocycles. The van der Waals surface area contributed by atoms with E-state index in [0.29, 0.717) is 6.54 Å². The van der Waals surface area contributed by atoms with E-state index in [1.54, 1.807) is 0 Å². The molecule has 3 aromatic carbocycles. The molecule has 0 saturated heterocycles. The molecule has 0 fully saturated rings. The van der Waals surface area contributed by atoms with Gasteiger partial charge in [0, 0.05) is 0 Å². The van der Waals surface area contributed by atoms with Crippen molar-refractivity contribution in [2.75, 3.05) is 27.2 Å². The van der Waals surface area contributed by atoms with E-state index in [-0.39, 0.29) is 23.3 Å². The first-order chi connectivity index (χ1) is 13.1. The number of ether oxygens (including phenoxy) is 1. The Morgan fingerprint density at radius 2 is 1.26 bits per heavy atom. The number of carbonyl (C=O) groups excluding carboxylic acids is 1. The molecule has 3 nitrogen and oxygen atoms in total. The Balaban J connectivity index is 1.79. The molecule has 0 amide bonds. The van der Waals surface area contributed by atoms with Gasteiger partial charge in [-0.3, -0.25) is 4.79 Å². The maximum absolute atomic E-state index is 11.8. The Morgan fingerprint density at radius 1 is 0.778 bits per heavy atom. The van der Waals surface area contributed by atoms with Gasteiger partial charge < -0.3 is 9.64 Å². The number of Topliss-reactive ketones (excluding diaryl/α,β-unsaturated/α-hetero) is 1. The minimum Gasteiger partial charge on any atom is -0.486 e. The summed E-state index contributed by atoms with van der Waals surface area (Å²) in [5, 5.41) is 0. The second-order valence-electron chi connectivity index (χ2n) is 6.47. The van der Waals surface area contributed by atoms with Gasteiger partial charge in [0.05, 0.1) is 17.4 Å². The average molecular weight is 379 g/mol. The first kappa shape index (κ1) is 19.2. The van der Waals surface area contributed by atoms with Crippen LogP contribution in [0.5, 0.6) is 5.75 Å². The fourth-order valence-corrected chi connectivity index (χ4v) is 4.84. The van der Waals surface area contributed by atoms with Gasteiger partial charge in [-0.15, -0.1) is 0 Å². The first-order valence-corrected chi connectivity index (χ1v) is 10.1. The molecule has 0 radical (unpaired) electrons. The van der Waals surface area contributed by atoms with E-state index in [0.717, 1.165) is 5.75 Å². The third-order valence-electron chi connectivity index (χ3n) is 3.91. The molecule has 0 aromatic heterocycles. The predicted molar refractivity (Wildman–Crippen MR) is 111 cm³/mol. The zero-order valence-electron chi connectivity index (χ0n) is 15.7. The van der Waals surface area contributed by atoms with Crippen LogP contribution in [0.2, 0.25) is 0 Å². The summed E-state index contributed by atoms with van der Waals surface area (Å²) < 4.78 is 5.64. The lowest BCUT2D eigenvalue weighted by Crippen LogP contribution is -2.26. The summed E-state index contributed by atoms with van der Waals surface area (Å²) in [6.07, 6.45) is 0.